The third-order valence-corrected chi connectivity index (χ3v) is 3.45. The highest BCUT2D eigenvalue weighted by molar-refractivity contribution is 9.10. The number of esters is 1. The summed E-state index contributed by atoms with van der Waals surface area (Å²) >= 11 is 3.13. The van der Waals surface area contributed by atoms with Gasteiger partial charge in [0.25, 0.3) is 0 Å². The minimum Gasteiger partial charge on any atom is -0.453 e. The molecule has 0 atom stereocenters. The maximum absolute atomic E-state index is 11.8. The Labute approximate surface area is 135 Å². The molecule has 2 heterocycles. The molecule has 5 nitrogen and oxygen atoms in total. The number of furan rings is 1. The molecule has 22 heavy (non-hydrogen) atoms. The minimum absolute atomic E-state index is 0.0204. The van der Waals surface area contributed by atoms with Crippen LogP contribution in [0.4, 0.5) is 0 Å². The average molecular weight is 362 g/mol. The van der Waals surface area contributed by atoms with Crippen molar-refractivity contribution in [3.05, 3.63) is 64.2 Å². The quantitative estimate of drug-likeness (QED) is 0.645. The summed E-state index contributed by atoms with van der Waals surface area (Å²) in [5, 5.41) is 3.89. The summed E-state index contributed by atoms with van der Waals surface area (Å²) in [6.07, 6.45) is 0. The van der Waals surface area contributed by atoms with Crippen LogP contribution in [0.3, 0.4) is 0 Å². The summed E-state index contributed by atoms with van der Waals surface area (Å²) in [5.74, 6) is 0.214. The van der Waals surface area contributed by atoms with Crippen LogP contribution in [-0.2, 0) is 11.3 Å². The van der Waals surface area contributed by atoms with Gasteiger partial charge in [-0.15, -0.1) is 0 Å². The predicted molar refractivity (Wildman–Crippen MR) is 82.2 cm³/mol. The Morgan fingerprint density at radius 2 is 2.00 bits per heavy atom. The standard InChI is InChI=1S/C16H12BrNO4/c1-10-2-4-11(5-3-10)14-8-12(18-22-14)9-20-16(19)13-6-7-15(17)21-13/h2-8H,9H2,1H3. The molecule has 3 rings (SSSR count). The van der Waals surface area contributed by atoms with Crippen molar-refractivity contribution < 1.29 is 18.5 Å². The van der Waals surface area contributed by atoms with Crippen molar-refractivity contribution in [1.82, 2.24) is 5.16 Å². The number of nitrogens with zero attached hydrogens (tertiary/aromatic N) is 1. The molecule has 0 aliphatic rings. The third-order valence-electron chi connectivity index (χ3n) is 3.02. The molecule has 6 heteroatoms. The van der Waals surface area contributed by atoms with Crippen LogP contribution >= 0.6 is 15.9 Å². The van der Waals surface area contributed by atoms with E-state index in [0.29, 0.717) is 16.1 Å². The lowest BCUT2D eigenvalue weighted by Gasteiger charge is -1.98. The molecule has 0 unspecified atom stereocenters. The molecule has 0 fully saturated rings. The highest BCUT2D eigenvalue weighted by Gasteiger charge is 2.14. The molecule has 0 amide bonds. The van der Waals surface area contributed by atoms with Crippen molar-refractivity contribution in [1.29, 1.82) is 0 Å². The SMILES string of the molecule is Cc1ccc(-c2cc(COC(=O)c3ccc(Br)o3)no2)cc1. The first-order valence-electron chi connectivity index (χ1n) is 6.57. The van der Waals surface area contributed by atoms with E-state index in [2.05, 4.69) is 21.1 Å². The zero-order chi connectivity index (χ0) is 15.5. The first-order chi connectivity index (χ1) is 10.6. The first-order valence-corrected chi connectivity index (χ1v) is 7.36. The maximum Gasteiger partial charge on any atom is 0.374 e. The van der Waals surface area contributed by atoms with Gasteiger partial charge >= 0.3 is 5.97 Å². The maximum atomic E-state index is 11.8. The molecule has 0 N–H and O–H groups in total. The molecule has 0 bridgehead atoms. The van der Waals surface area contributed by atoms with Crippen LogP contribution in [-0.4, -0.2) is 11.1 Å². The second-order valence-corrected chi connectivity index (χ2v) is 5.51. The van der Waals surface area contributed by atoms with Crippen LogP contribution in [0.2, 0.25) is 0 Å². The Hall–Kier alpha value is -2.34. The van der Waals surface area contributed by atoms with Crippen molar-refractivity contribution in [2.24, 2.45) is 0 Å². The fourth-order valence-corrected chi connectivity index (χ4v) is 2.17. The Kier molecular flexibility index (Phi) is 4.11. The molecule has 0 radical (unpaired) electrons. The summed E-state index contributed by atoms with van der Waals surface area (Å²) < 4.78 is 16.0. The number of aromatic nitrogens is 1. The highest BCUT2D eigenvalue weighted by atomic mass is 79.9. The van der Waals surface area contributed by atoms with Gasteiger partial charge < -0.3 is 13.7 Å². The second-order valence-electron chi connectivity index (χ2n) is 4.73. The molecule has 3 aromatic rings. The fourth-order valence-electron chi connectivity index (χ4n) is 1.87. The monoisotopic (exact) mass is 361 g/mol. The van der Waals surface area contributed by atoms with Gasteiger partial charge in [0.1, 0.15) is 12.3 Å². The van der Waals surface area contributed by atoms with E-state index in [4.69, 9.17) is 13.7 Å². The van der Waals surface area contributed by atoms with E-state index in [1.54, 1.807) is 12.1 Å². The van der Waals surface area contributed by atoms with E-state index in [0.717, 1.165) is 5.56 Å². The highest BCUT2D eigenvalue weighted by Crippen LogP contribution is 2.21. The van der Waals surface area contributed by atoms with Crippen LogP contribution in [0.15, 0.2) is 56.1 Å². The van der Waals surface area contributed by atoms with Crippen LogP contribution in [0.1, 0.15) is 21.8 Å². The van der Waals surface area contributed by atoms with Crippen molar-refractivity contribution in [2.45, 2.75) is 13.5 Å². The molecule has 0 spiro atoms. The van der Waals surface area contributed by atoms with Crippen LogP contribution < -0.4 is 0 Å². The van der Waals surface area contributed by atoms with Crippen molar-refractivity contribution in [2.75, 3.05) is 0 Å². The lowest BCUT2D eigenvalue weighted by atomic mass is 10.1. The molecule has 0 saturated heterocycles. The van der Waals surface area contributed by atoms with Crippen LogP contribution in [0.5, 0.6) is 0 Å². The van der Waals surface area contributed by atoms with E-state index in [1.807, 2.05) is 31.2 Å². The molecule has 1 aromatic carbocycles. The Balaban J connectivity index is 1.64. The third kappa shape index (κ3) is 3.28. The number of carbonyl (C=O) groups is 1. The number of hydrogen-bond donors (Lipinski definition) is 0. The topological polar surface area (TPSA) is 65.5 Å². The Bertz CT molecular complexity index is 789. The number of hydrogen-bond acceptors (Lipinski definition) is 5. The van der Waals surface area contributed by atoms with Crippen molar-refractivity contribution in [3.8, 4) is 11.3 Å². The van der Waals surface area contributed by atoms with Crippen LogP contribution in [0, 0.1) is 6.92 Å². The lowest BCUT2D eigenvalue weighted by Crippen LogP contribution is -2.03. The van der Waals surface area contributed by atoms with E-state index in [1.165, 1.54) is 11.6 Å². The number of rotatable bonds is 4. The number of benzene rings is 1. The van der Waals surface area contributed by atoms with Crippen LogP contribution in [0.25, 0.3) is 11.3 Å². The smallest absolute Gasteiger partial charge is 0.374 e. The van der Waals surface area contributed by atoms with E-state index < -0.39 is 5.97 Å². The summed E-state index contributed by atoms with van der Waals surface area (Å²) in [6, 6.07) is 12.8. The number of ether oxygens (including phenoxy) is 1. The van der Waals surface area contributed by atoms with Gasteiger partial charge in [-0.25, -0.2) is 4.79 Å². The van der Waals surface area contributed by atoms with E-state index in [9.17, 15) is 4.79 Å². The molecule has 112 valence electrons. The molecule has 2 aromatic heterocycles. The lowest BCUT2D eigenvalue weighted by molar-refractivity contribution is 0.0426. The van der Waals surface area contributed by atoms with Gasteiger partial charge in [0.05, 0.1) is 0 Å². The molecular formula is C16H12BrNO4. The second kappa shape index (κ2) is 6.19. The van der Waals surface area contributed by atoms with Gasteiger partial charge in [0.2, 0.25) is 5.76 Å². The predicted octanol–water partition coefficient (Wildman–Crippen LogP) is 4.36. The summed E-state index contributed by atoms with van der Waals surface area (Å²) in [5.41, 5.74) is 2.63. The fraction of sp³-hybridized carbons (Fsp3) is 0.125. The van der Waals surface area contributed by atoms with Gasteiger partial charge in [-0.3, -0.25) is 0 Å². The molecule has 0 aliphatic carbocycles. The zero-order valence-electron chi connectivity index (χ0n) is 11.7. The van der Waals surface area contributed by atoms with Gasteiger partial charge in [-0.05, 0) is 35.0 Å². The van der Waals surface area contributed by atoms with Crippen molar-refractivity contribution in [3.63, 3.8) is 0 Å². The van der Waals surface area contributed by atoms with E-state index in [-0.39, 0.29) is 12.4 Å². The Morgan fingerprint density at radius 1 is 1.23 bits per heavy atom. The van der Waals surface area contributed by atoms with Gasteiger partial charge in [-0.2, -0.15) is 0 Å². The molecule has 0 aliphatic heterocycles. The van der Waals surface area contributed by atoms with Gasteiger partial charge in [0, 0.05) is 11.6 Å². The number of carbonyl (C=O) groups excluding carboxylic acids is 1. The summed E-state index contributed by atoms with van der Waals surface area (Å²) in [7, 11) is 0. The Morgan fingerprint density at radius 3 is 2.68 bits per heavy atom. The summed E-state index contributed by atoms with van der Waals surface area (Å²) in [6.45, 7) is 2.04. The van der Waals surface area contributed by atoms with E-state index >= 15 is 0 Å². The summed E-state index contributed by atoms with van der Waals surface area (Å²) in [4.78, 5) is 11.8. The largest absolute Gasteiger partial charge is 0.453 e. The normalized spacial score (nSPS) is 10.6. The number of halogens is 1. The zero-order valence-corrected chi connectivity index (χ0v) is 13.3. The number of aryl methyl sites for hydroxylation is 1. The van der Waals surface area contributed by atoms with Gasteiger partial charge in [-0.1, -0.05) is 35.0 Å². The molecule has 0 saturated carbocycles. The van der Waals surface area contributed by atoms with Crippen molar-refractivity contribution >= 4 is 21.9 Å². The average Bonchev–Trinajstić information content (AvgIpc) is 3.15. The molecular weight excluding hydrogens is 350 g/mol. The first kappa shape index (κ1) is 14.6. The van der Waals surface area contributed by atoms with Gasteiger partial charge in [0.15, 0.2) is 10.4 Å². The minimum atomic E-state index is -0.550.